The molecule has 0 spiro atoms. The summed E-state index contributed by atoms with van der Waals surface area (Å²) in [6.45, 7) is 4.20. The predicted octanol–water partition coefficient (Wildman–Crippen LogP) is 1.64. The van der Waals surface area contributed by atoms with Crippen LogP contribution in [0, 0.1) is 11.8 Å². The van der Waals surface area contributed by atoms with E-state index in [1.54, 1.807) is 0 Å². The molecule has 3 aliphatic rings. The maximum atomic E-state index is 5.98. The zero-order valence-corrected chi connectivity index (χ0v) is 10.7. The number of ether oxygens (including phenoxy) is 1. The smallest absolute Gasteiger partial charge is 0.266 e. The van der Waals surface area contributed by atoms with Crippen molar-refractivity contribution in [1.82, 2.24) is 10.1 Å². The fourth-order valence-electron chi connectivity index (χ4n) is 3.81. The van der Waals surface area contributed by atoms with Crippen molar-refractivity contribution in [2.75, 3.05) is 18.0 Å². The highest BCUT2D eigenvalue weighted by Gasteiger charge is 2.53. The molecule has 3 aliphatic heterocycles. The van der Waals surface area contributed by atoms with Gasteiger partial charge in [0.25, 0.3) is 5.95 Å². The Kier molecular flexibility index (Phi) is 2.37. The van der Waals surface area contributed by atoms with Crippen LogP contribution in [0.3, 0.4) is 0 Å². The van der Waals surface area contributed by atoms with Gasteiger partial charge in [0, 0.05) is 31.3 Å². The Labute approximate surface area is 106 Å². The van der Waals surface area contributed by atoms with Gasteiger partial charge in [-0.3, -0.25) is 0 Å². The van der Waals surface area contributed by atoms with Crippen molar-refractivity contribution < 1.29 is 9.26 Å². The van der Waals surface area contributed by atoms with Gasteiger partial charge in [-0.1, -0.05) is 6.92 Å². The van der Waals surface area contributed by atoms with E-state index in [0.717, 1.165) is 37.8 Å². The molecule has 0 aromatic carbocycles. The molecule has 98 valence electrons. The average Bonchev–Trinajstić information content (AvgIpc) is 3.11. The van der Waals surface area contributed by atoms with Gasteiger partial charge in [-0.25, -0.2) is 0 Å². The number of nitrogens with zero attached hydrogens (tertiary/aromatic N) is 3. The summed E-state index contributed by atoms with van der Waals surface area (Å²) in [7, 11) is 0. The third-order valence-corrected chi connectivity index (χ3v) is 4.66. The third-order valence-electron chi connectivity index (χ3n) is 4.66. The number of aromatic nitrogens is 2. The van der Waals surface area contributed by atoms with E-state index in [1.807, 2.05) is 0 Å². The first-order valence-corrected chi connectivity index (χ1v) is 7.08. The zero-order chi connectivity index (χ0) is 12.1. The third kappa shape index (κ3) is 1.49. The van der Waals surface area contributed by atoms with Crippen molar-refractivity contribution in [2.45, 2.75) is 44.8 Å². The van der Waals surface area contributed by atoms with Crippen molar-refractivity contribution in [3.63, 3.8) is 0 Å². The van der Waals surface area contributed by atoms with Crippen molar-refractivity contribution in [3.8, 4) is 0 Å². The SMILES string of the molecule is CCCc1nc(N2C[C@@H]3[C@H](C2)[C@H]2CC[C@@H]3O2)no1. The van der Waals surface area contributed by atoms with Crippen LogP contribution in [0.2, 0.25) is 0 Å². The largest absolute Gasteiger partial charge is 0.374 e. The van der Waals surface area contributed by atoms with Crippen LogP contribution in [-0.4, -0.2) is 35.4 Å². The molecule has 1 aromatic heterocycles. The monoisotopic (exact) mass is 249 g/mol. The summed E-state index contributed by atoms with van der Waals surface area (Å²) in [5, 5.41) is 4.11. The lowest BCUT2D eigenvalue weighted by molar-refractivity contribution is 0.0849. The number of fused-ring (bicyclic) bond motifs is 5. The first-order valence-electron chi connectivity index (χ1n) is 7.08. The lowest BCUT2D eigenvalue weighted by Gasteiger charge is -2.17. The van der Waals surface area contributed by atoms with Crippen LogP contribution in [0.5, 0.6) is 0 Å². The maximum absolute atomic E-state index is 5.98. The van der Waals surface area contributed by atoms with Crippen LogP contribution in [0.25, 0.3) is 0 Å². The summed E-state index contributed by atoms with van der Waals surface area (Å²) < 4.78 is 11.3. The van der Waals surface area contributed by atoms with Crippen molar-refractivity contribution in [3.05, 3.63) is 5.89 Å². The Morgan fingerprint density at radius 2 is 1.94 bits per heavy atom. The first-order chi connectivity index (χ1) is 8.85. The fourth-order valence-corrected chi connectivity index (χ4v) is 3.81. The molecule has 4 heterocycles. The quantitative estimate of drug-likeness (QED) is 0.815. The van der Waals surface area contributed by atoms with Gasteiger partial charge in [0.15, 0.2) is 0 Å². The van der Waals surface area contributed by atoms with Crippen LogP contribution in [0.15, 0.2) is 4.52 Å². The van der Waals surface area contributed by atoms with Gasteiger partial charge in [0.1, 0.15) is 0 Å². The van der Waals surface area contributed by atoms with Crippen molar-refractivity contribution in [1.29, 1.82) is 0 Å². The van der Waals surface area contributed by atoms with Gasteiger partial charge in [-0.15, -0.1) is 0 Å². The average molecular weight is 249 g/mol. The van der Waals surface area contributed by atoms with E-state index in [1.165, 1.54) is 12.8 Å². The second-order valence-electron chi connectivity index (χ2n) is 5.76. The van der Waals surface area contributed by atoms with Gasteiger partial charge in [-0.2, -0.15) is 4.98 Å². The molecule has 0 saturated carbocycles. The number of anilines is 1. The van der Waals surface area contributed by atoms with E-state index in [2.05, 4.69) is 22.0 Å². The number of rotatable bonds is 3. The first kappa shape index (κ1) is 10.8. The van der Waals surface area contributed by atoms with Gasteiger partial charge >= 0.3 is 0 Å². The van der Waals surface area contributed by atoms with E-state index in [0.29, 0.717) is 24.0 Å². The molecule has 5 nitrogen and oxygen atoms in total. The summed E-state index contributed by atoms with van der Waals surface area (Å²) in [5.74, 6) is 2.93. The number of aryl methyl sites for hydroxylation is 1. The maximum Gasteiger partial charge on any atom is 0.266 e. The number of hydrogen-bond acceptors (Lipinski definition) is 5. The van der Waals surface area contributed by atoms with Crippen LogP contribution in [0.1, 0.15) is 32.1 Å². The normalized spacial score (nSPS) is 37.5. The van der Waals surface area contributed by atoms with Gasteiger partial charge in [0.2, 0.25) is 5.89 Å². The van der Waals surface area contributed by atoms with Crippen LogP contribution >= 0.6 is 0 Å². The molecule has 3 fully saturated rings. The van der Waals surface area contributed by atoms with E-state index < -0.39 is 0 Å². The topological polar surface area (TPSA) is 51.4 Å². The standard InChI is InChI=1S/C13H19N3O2/c1-2-3-12-14-13(15-18-12)16-6-8-9(7-16)11-5-4-10(8)17-11/h8-11H,2-7H2,1H3/t8-,9+,10+,11-. The molecule has 4 rings (SSSR count). The molecule has 0 unspecified atom stereocenters. The minimum atomic E-state index is 0.493. The molecule has 4 atom stereocenters. The summed E-state index contributed by atoms with van der Waals surface area (Å²) in [6, 6.07) is 0. The fraction of sp³-hybridized carbons (Fsp3) is 0.846. The lowest BCUT2D eigenvalue weighted by atomic mass is 9.82. The molecule has 18 heavy (non-hydrogen) atoms. The molecule has 0 aliphatic carbocycles. The predicted molar refractivity (Wildman–Crippen MR) is 65.4 cm³/mol. The van der Waals surface area contributed by atoms with Gasteiger partial charge < -0.3 is 14.2 Å². The second kappa shape index (κ2) is 3.95. The molecule has 5 heteroatoms. The summed E-state index contributed by atoms with van der Waals surface area (Å²) in [5.41, 5.74) is 0. The van der Waals surface area contributed by atoms with Crippen molar-refractivity contribution >= 4 is 5.95 Å². The Bertz CT molecular complexity index is 429. The number of hydrogen-bond donors (Lipinski definition) is 0. The Morgan fingerprint density at radius 3 is 2.61 bits per heavy atom. The highest BCUT2D eigenvalue weighted by Crippen LogP contribution is 2.47. The summed E-state index contributed by atoms with van der Waals surface area (Å²) in [6.07, 6.45) is 5.39. The lowest BCUT2D eigenvalue weighted by Crippen LogP contribution is -2.25. The Balaban J connectivity index is 1.50. The van der Waals surface area contributed by atoms with Crippen LogP contribution in [-0.2, 0) is 11.2 Å². The molecule has 0 N–H and O–H groups in total. The zero-order valence-electron chi connectivity index (χ0n) is 10.7. The molecule has 0 amide bonds. The van der Waals surface area contributed by atoms with E-state index >= 15 is 0 Å². The van der Waals surface area contributed by atoms with E-state index in [9.17, 15) is 0 Å². The van der Waals surface area contributed by atoms with Gasteiger partial charge in [0.05, 0.1) is 12.2 Å². The van der Waals surface area contributed by atoms with Crippen molar-refractivity contribution in [2.24, 2.45) is 11.8 Å². The van der Waals surface area contributed by atoms with E-state index in [4.69, 9.17) is 9.26 Å². The summed E-state index contributed by atoms with van der Waals surface area (Å²) >= 11 is 0. The highest BCUT2D eigenvalue weighted by atomic mass is 16.5. The summed E-state index contributed by atoms with van der Waals surface area (Å²) in [4.78, 5) is 6.77. The Hall–Kier alpha value is -1.10. The minimum absolute atomic E-state index is 0.493. The van der Waals surface area contributed by atoms with Crippen LogP contribution in [0.4, 0.5) is 5.95 Å². The van der Waals surface area contributed by atoms with Crippen LogP contribution < -0.4 is 4.90 Å². The second-order valence-corrected chi connectivity index (χ2v) is 5.76. The molecule has 0 radical (unpaired) electrons. The van der Waals surface area contributed by atoms with E-state index in [-0.39, 0.29) is 0 Å². The van der Waals surface area contributed by atoms with Gasteiger partial charge in [-0.05, 0) is 24.4 Å². The molecule has 1 aromatic rings. The minimum Gasteiger partial charge on any atom is -0.374 e. The molecular weight excluding hydrogens is 230 g/mol. The molecular formula is C13H19N3O2. The highest BCUT2D eigenvalue weighted by molar-refractivity contribution is 5.32. The molecule has 2 bridgehead atoms. The molecule has 3 saturated heterocycles. The Morgan fingerprint density at radius 1 is 1.22 bits per heavy atom.